The number of benzene rings is 1. The van der Waals surface area contributed by atoms with E-state index in [2.05, 4.69) is 45.0 Å². The van der Waals surface area contributed by atoms with Crippen LogP contribution in [-0.4, -0.2) is 33.7 Å². The molecule has 182 valence electrons. The Labute approximate surface area is 207 Å². The van der Waals surface area contributed by atoms with Gasteiger partial charge in [-0.15, -0.1) is 11.8 Å². The molecule has 4 nitrogen and oxygen atoms in total. The summed E-state index contributed by atoms with van der Waals surface area (Å²) in [5.41, 5.74) is 2.23. The number of hydrogen-bond acceptors (Lipinski definition) is 5. The fraction of sp³-hybridized carbons (Fsp3) is 0.690. The molecule has 0 radical (unpaired) electrons. The third-order valence-electron chi connectivity index (χ3n) is 10.6. The summed E-state index contributed by atoms with van der Waals surface area (Å²) < 4.78 is 5.82. The second kappa shape index (κ2) is 7.69. The molecule has 4 aliphatic carbocycles. The SMILES string of the molecule is CC(=O)O[C@@H]1CC[C@]2(C)[C@H]3CC[C@]4(C)C(=O)CC[C@H]4[C@@H]3C[C@@H]3SC(c4cccc(C)c4)=N[C@@]32C1. The van der Waals surface area contributed by atoms with Gasteiger partial charge in [0, 0.05) is 36.0 Å². The highest BCUT2D eigenvalue weighted by atomic mass is 32.2. The van der Waals surface area contributed by atoms with Crippen LogP contribution in [0.5, 0.6) is 0 Å². The van der Waals surface area contributed by atoms with Gasteiger partial charge in [-0.2, -0.15) is 0 Å². The van der Waals surface area contributed by atoms with Gasteiger partial charge in [0.25, 0.3) is 0 Å². The molecule has 1 aliphatic heterocycles. The minimum absolute atomic E-state index is 0.0484. The number of ketones is 1. The molecule has 8 atom stereocenters. The molecule has 0 N–H and O–H groups in total. The van der Waals surface area contributed by atoms with Gasteiger partial charge in [0.15, 0.2) is 0 Å². The van der Waals surface area contributed by atoms with Gasteiger partial charge >= 0.3 is 5.97 Å². The predicted octanol–water partition coefficient (Wildman–Crippen LogP) is 6.13. The van der Waals surface area contributed by atoms with Crippen molar-refractivity contribution in [3.8, 4) is 0 Å². The molecule has 0 amide bonds. The van der Waals surface area contributed by atoms with Crippen molar-refractivity contribution < 1.29 is 14.3 Å². The Morgan fingerprint density at radius 1 is 1.15 bits per heavy atom. The molecule has 5 aliphatic rings. The van der Waals surface area contributed by atoms with E-state index in [1.165, 1.54) is 18.1 Å². The van der Waals surface area contributed by atoms with E-state index in [9.17, 15) is 9.59 Å². The van der Waals surface area contributed by atoms with Crippen molar-refractivity contribution in [1.82, 2.24) is 0 Å². The molecule has 1 spiro atoms. The summed E-state index contributed by atoms with van der Waals surface area (Å²) in [6, 6.07) is 8.72. The number of carbonyl (C=O) groups excluding carboxylic acids is 2. The maximum atomic E-state index is 12.9. The number of rotatable bonds is 2. The third-order valence-corrected chi connectivity index (χ3v) is 12.1. The van der Waals surface area contributed by atoms with Crippen LogP contribution in [0.3, 0.4) is 0 Å². The monoisotopic (exact) mass is 479 g/mol. The molecule has 0 bridgehead atoms. The highest BCUT2D eigenvalue weighted by molar-refractivity contribution is 8.15. The molecule has 5 heteroatoms. The van der Waals surface area contributed by atoms with Crippen molar-refractivity contribution in [1.29, 1.82) is 0 Å². The maximum absolute atomic E-state index is 12.9. The van der Waals surface area contributed by atoms with E-state index >= 15 is 0 Å². The molecule has 1 aromatic rings. The molecular formula is C29H37NO3S. The lowest BCUT2D eigenvalue weighted by Gasteiger charge is -2.64. The van der Waals surface area contributed by atoms with Crippen LogP contribution in [0.2, 0.25) is 0 Å². The molecule has 0 unspecified atom stereocenters. The summed E-state index contributed by atoms with van der Waals surface area (Å²) in [6.45, 7) is 8.44. The number of nitrogens with zero attached hydrogens (tertiary/aromatic N) is 1. The Morgan fingerprint density at radius 2 is 1.97 bits per heavy atom. The van der Waals surface area contributed by atoms with Crippen molar-refractivity contribution >= 4 is 28.6 Å². The first-order valence-electron chi connectivity index (χ1n) is 13.2. The van der Waals surface area contributed by atoms with E-state index in [0.717, 1.165) is 56.4 Å². The van der Waals surface area contributed by atoms with Crippen LogP contribution in [0.25, 0.3) is 0 Å². The molecule has 1 aromatic carbocycles. The molecule has 4 saturated carbocycles. The lowest BCUT2D eigenvalue weighted by molar-refractivity contribution is -0.162. The fourth-order valence-corrected chi connectivity index (χ4v) is 10.6. The van der Waals surface area contributed by atoms with E-state index in [1.807, 2.05) is 11.8 Å². The molecule has 0 aromatic heterocycles. The number of aryl methyl sites for hydroxylation is 1. The average molecular weight is 480 g/mol. The first-order valence-corrected chi connectivity index (χ1v) is 14.1. The number of aliphatic imine (C=N–C) groups is 1. The van der Waals surface area contributed by atoms with E-state index < -0.39 is 0 Å². The minimum atomic E-state index is -0.202. The number of thioether (sulfide) groups is 1. The number of hydrogen-bond donors (Lipinski definition) is 0. The predicted molar refractivity (Wildman–Crippen MR) is 136 cm³/mol. The minimum Gasteiger partial charge on any atom is -0.462 e. The van der Waals surface area contributed by atoms with Crippen LogP contribution < -0.4 is 0 Å². The van der Waals surface area contributed by atoms with Crippen molar-refractivity contribution in [3.05, 3.63) is 35.4 Å². The molecule has 4 fully saturated rings. The highest BCUT2D eigenvalue weighted by Crippen LogP contribution is 2.70. The second-order valence-electron chi connectivity index (χ2n) is 12.2. The van der Waals surface area contributed by atoms with Crippen LogP contribution in [0.1, 0.15) is 83.3 Å². The zero-order valence-electron chi connectivity index (χ0n) is 20.9. The van der Waals surface area contributed by atoms with Gasteiger partial charge in [0.05, 0.1) is 10.6 Å². The standard InChI is InChI=1S/C29H37NO3S/c1-17-6-5-7-19(14-17)26-30-29-16-20(33-18(2)31)10-13-28(29,4)23-11-12-27(3)22(8-9-24(27)32)21(23)15-25(29)34-26/h5-7,14,20-23,25H,8-13,15-16H2,1-4H3/t20-,21+,22+,23+,25+,27+,28-,29+/m1/s1. The molecule has 1 heterocycles. The van der Waals surface area contributed by atoms with Gasteiger partial charge in [-0.3, -0.25) is 14.6 Å². The summed E-state index contributed by atoms with van der Waals surface area (Å²) in [5, 5.41) is 1.54. The normalized spacial score (nSPS) is 45.0. The van der Waals surface area contributed by atoms with Crippen molar-refractivity contribution in [2.75, 3.05) is 0 Å². The second-order valence-corrected chi connectivity index (χ2v) is 13.4. The van der Waals surface area contributed by atoms with Crippen molar-refractivity contribution in [3.63, 3.8) is 0 Å². The van der Waals surface area contributed by atoms with Gasteiger partial charge in [0.1, 0.15) is 11.9 Å². The van der Waals surface area contributed by atoms with Gasteiger partial charge < -0.3 is 4.74 Å². The first-order chi connectivity index (χ1) is 16.2. The summed E-state index contributed by atoms with van der Waals surface area (Å²) in [5.74, 6) is 2.03. The van der Waals surface area contributed by atoms with Crippen LogP contribution in [0.4, 0.5) is 0 Å². The summed E-state index contributed by atoms with van der Waals surface area (Å²) in [4.78, 5) is 30.5. The number of carbonyl (C=O) groups is 2. The number of fused-ring (bicyclic) bond motifs is 4. The largest absolute Gasteiger partial charge is 0.462 e. The average Bonchev–Trinajstić information content (AvgIpc) is 3.30. The summed E-state index contributed by atoms with van der Waals surface area (Å²) in [7, 11) is 0. The number of Topliss-reactive ketones (excluding diaryl/α,β-unsaturated/α-hetero) is 1. The van der Waals surface area contributed by atoms with Crippen molar-refractivity contribution in [2.45, 2.75) is 96.0 Å². The number of esters is 1. The van der Waals surface area contributed by atoms with Gasteiger partial charge in [-0.25, -0.2) is 0 Å². The van der Waals surface area contributed by atoms with E-state index in [4.69, 9.17) is 9.73 Å². The van der Waals surface area contributed by atoms with Gasteiger partial charge in [-0.1, -0.05) is 37.6 Å². The van der Waals surface area contributed by atoms with Gasteiger partial charge in [0.2, 0.25) is 0 Å². The quantitative estimate of drug-likeness (QED) is 0.479. The third kappa shape index (κ3) is 3.07. The first kappa shape index (κ1) is 22.8. The van der Waals surface area contributed by atoms with Crippen LogP contribution in [0, 0.1) is 35.5 Å². The zero-order chi connectivity index (χ0) is 23.9. The fourth-order valence-electron chi connectivity index (χ4n) is 8.96. The van der Waals surface area contributed by atoms with Crippen LogP contribution >= 0.6 is 11.8 Å². The van der Waals surface area contributed by atoms with E-state index in [1.54, 1.807) is 0 Å². The van der Waals surface area contributed by atoms with E-state index in [-0.39, 0.29) is 28.4 Å². The maximum Gasteiger partial charge on any atom is 0.302 e. The molecular weight excluding hydrogens is 442 g/mol. The topological polar surface area (TPSA) is 55.7 Å². The Hall–Kier alpha value is -1.62. The van der Waals surface area contributed by atoms with Gasteiger partial charge in [-0.05, 0) is 74.7 Å². The lowest BCUT2D eigenvalue weighted by atomic mass is 9.42. The van der Waals surface area contributed by atoms with Crippen molar-refractivity contribution in [2.24, 2.45) is 33.6 Å². The Bertz CT molecular complexity index is 1080. The lowest BCUT2D eigenvalue weighted by Crippen LogP contribution is -2.66. The van der Waals surface area contributed by atoms with E-state index in [0.29, 0.717) is 28.8 Å². The number of ether oxygens (including phenoxy) is 1. The Kier molecular flexibility index (Phi) is 5.16. The Balaban J connectivity index is 1.44. The van der Waals surface area contributed by atoms with Crippen LogP contribution in [0.15, 0.2) is 29.3 Å². The highest BCUT2D eigenvalue weighted by Gasteiger charge is 2.70. The zero-order valence-corrected chi connectivity index (χ0v) is 21.7. The summed E-state index contributed by atoms with van der Waals surface area (Å²) >= 11 is 1.97. The summed E-state index contributed by atoms with van der Waals surface area (Å²) in [6.07, 6.45) is 7.88. The molecule has 34 heavy (non-hydrogen) atoms. The molecule has 0 saturated heterocycles. The smallest absolute Gasteiger partial charge is 0.302 e. The Morgan fingerprint density at radius 3 is 2.74 bits per heavy atom. The van der Waals surface area contributed by atoms with Crippen LogP contribution in [-0.2, 0) is 14.3 Å². The molecule has 6 rings (SSSR count).